The second-order valence-corrected chi connectivity index (χ2v) is 7.37. The normalized spacial score (nSPS) is 11.6. The lowest BCUT2D eigenvalue weighted by Crippen LogP contribution is -2.49. The van der Waals surface area contributed by atoms with Crippen molar-refractivity contribution in [3.63, 3.8) is 0 Å². The van der Waals surface area contributed by atoms with Crippen molar-refractivity contribution < 1.29 is 18.7 Å². The van der Waals surface area contributed by atoms with Gasteiger partial charge in [-0.3, -0.25) is 9.59 Å². The number of benzene rings is 2. The molecule has 0 aromatic heterocycles. The number of nitrogens with zero attached hydrogens (tertiary/aromatic N) is 1. The third-order valence-electron chi connectivity index (χ3n) is 4.03. The van der Waals surface area contributed by atoms with Crippen molar-refractivity contribution in [3.8, 4) is 5.75 Å². The van der Waals surface area contributed by atoms with Gasteiger partial charge in [0.2, 0.25) is 5.91 Å². The first-order valence-corrected chi connectivity index (χ1v) is 9.88. The topological polar surface area (TPSA) is 58.6 Å². The number of halogens is 3. The van der Waals surface area contributed by atoms with Crippen LogP contribution in [0.25, 0.3) is 0 Å². The van der Waals surface area contributed by atoms with Crippen molar-refractivity contribution in [2.75, 3.05) is 13.2 Å². The smallest absolute Gasteiger partial charge is 0.261 e. The summed E-state index contributed by atoms with van der Waals surface area (Å²) in [7, 11) is 0. The van der Waals surface area contributed by atoms with Gasteiger partial charge in [-0.1, -0.05) is 23.7 Å². The molecule has 2 aromatic rings. The predicted molar refractivity (Wildman–Crippen MR) is 110 cm³/mol. The van der Waals surface area contributed by atoms with E-state index in [2.05, 4.69) is 21.2 Å². The van der Waals surface area contributed by atoms with E-state index in [0.29, 0.717) is 27.4 Å². The maximum atomic E-state index is 13.2. The Hall–Kier alpha value is -2.12. The van der Waals surface area contributed by atoms with E-state index >= 15 is 0 Å². The molecule has 150 valence electrons. The Balaban J connectivity index is 2.15. The van der Waals surface area contributed by atoms with Crippen LogP contribution < -0.4 is 10.1 Å². The average Bonchev–Trinajstić information content (AvgIpc) is 2.66. The minimum Gasteiger partial charge on any atom is -0.483 e. The SMILES string of the molecule is CCNC(=O)[C@H](C)N(Cc1ccc(F)cc1)C(=O)COc1ccc(Cl)cc1Br. The number of carbonyl (C=O) groups is 2. The van der Waals surface area contributed by atoms with Crippen LogP contribution in [-0.2, 0) is 16.1 Å². The monoisotopic (exact) mass is 470 g/mol. The van der Waals surface area contributed by atoms with E-state index in [1.165, 1.54) is 17.0 Å². The summed E-state index contributed by atoms with van der Waals surface area (Å²) in [6.07, 6.45) is 0. The van der Waals surface area contributed by atoms with Gasteiger partial charge in [-0.05, 0) is 65.7 Å². The zero-order valence-corrected chi connectivity index (χ0v) is 17.9. The van der Waals surface area contributed by atoms with Crippen LogP contribution in [0.5, 0.6) is 5.75 Å². The van der Waals surface area contributed by atoms with Gasteiger partial charge in [0.25, 0.3) is 5.91 Å². The largest absolute Gasteiger partial charge is 0.483 e. The molecular formula is C20H21BrClFN2O3. The van der Waals surface area contributed by atoms with E-state index < -0.39 is 6.04 Å². The summed E-state index contributed by atoms with van der Waals surface area (Å²) in [6, 6.07) is 10.0. The zero-order chi connectivity index (χ0) is 20.7. The molecule has 0 heterocycles. The molecule has 0 radical (unpaired) electrons. The fourth-order valence-corrected chi connectivity index (χ4v) is 3.30. The lowest BCUT2D eigenvalue weighted by atomic mass is 10.1. The highest BCUT2D eigenvalue weighted by Crippen LogP contribution is 2.28. The summed E-state index contributed by atoms with van der Waals surface area (Å²) < 4.78 is 19.4. The molecule has 0 spiro atoms. The summed E-state index contributed by atoms with van der Waals surface area (Å²) in [5.74, 6) is -0.546. The van der Waals surface area contributed by atoms with Gasteiger partial charge in [-0.25, -0.2) is 4.39 Å². The van der Waals surface area contributed by atoms with E-state index in [0.717, 1.165) is 0 Å². The summed E-state index contributed by atoms with van der Waals surface area (Å²) in [6.45, 7) is 3.80. The van der Waals surface area contributed by atoms with E-state index in [4.69, 9.17) is 16.3 Å². The van der Waals surface area contributed by atoms with Gasteiger partial charge in [0.05, 0.1) is 4.47 Å². The molecule has 5 nitrogen and oxygen atoms in total. The van der Waals surface area contributed by atoms with Crippen LogP contribution in [-0.4, -0.2) is 35.9 Å². The number of ether oxygens (including phenoxy) is 1. The molecule has 28 heavy (non-hydrogen) atoms. The van der Waals surface area contributed by atoms with Gasteiger partial charge < -0.3 is 15.0 Å². The van der Waals surface area contributed by atoms with E-state index in [9.17, 15) is 14.0 Å². The van der Waals surface area contributed by atoms with Crippen LogP contribution in [0.2, 0.25) is 5.02 Å². The highest BCUT2D eigenvalue weighted by molar-refractivity contribution is 9.10. The number of amides is 2. The Morgan fingerprint density at radius 3 is 2.54 bits per heavy atom. The van der Waals surface area contributed by atoms with Crippen molar-refractivity contribution >= 4 is 39.3 Å². The Morgan fingerprint density at radius 1 is 1.25 bits per heavy atom. The molecule has 0 aliphatic heterocycles. The summed E-state index contributed by atoms with van der Waals surface area (Å²) in [4.78, 5) is 26.5. The van der Waals surface area contributed by atoms with Crippen LogP contribution in [0, 0.1) is 5.82 Å². The Morgan fingerprint density at radius 2 is 1.93 bits per heavy atom. The van der Waals surface area contributed by atoms with Crippen LogP contribution in [0.15, 0.2) is 46.9 Å². The maximum Gasteiger partial charge on any atom is 0.261 e. The molecule has 0 saturated carbocycles. The van der Waals surface area contributed by atoms with Gasteiger partial charge in [0, 0.05) is 18.1 Å². The molecule has 1 N–H and O–H groups in total. The lowest BCUT2D eigenvalue weighted by Gasteiger charge is -2.28. The second kappa shape index (κ2) is 10.4. The molecule has 0 fully saturated rings. The Labute approximate surface area is 176 Å². The molecule has 0 unspecified atom stereocenters. The maximum absolute atomic E-state index is 13.2. The third kappa shape index (κ3) is 6.21. The number of nitrogens with one attached hydrogen (secondary N) is 1. The van der Waals surface area contributed by atoms with E-state index in [-0.39, 0.29) is 30.8 Å². The molecular weight excluding hydrogens is 451 g/mol. The fraction of sp³-hybridized carbons (Fsp3) is 0.300. The molecule has 2 rings (SSSR count). The summed E-state index contributed by atoms with van der Waals surface area (Å²) in [5.41, 5.74) is 0.707. The van der Waals surface area contributed by atoms with Crippen molar-refractivity contribution in [3.05, 3.63) is 63.3 Å². The highest BCUT2D eigenvalue weighted by atomic mass is 79.9. The molecule has 2 amide bonds. The zero-order valence-electron chi connectivity index (χ0n) is 15.5. The highest BCUT2D eigenvalue weighted by Gasteiger charge is 2.26. The quantitative estimate of drug-likeness (QED) is 0.628. The van der Waals surface area contributed by atoms with Gasteiger partial charge in [0.15, 0.2) is 6.61 Å². The van der Waals surface area contributed by atoms with Crippen LogP contribution in [0.3, 0.4) is 0 Å². The first kappa shape index (κ1) is 22.2. The number of carbonyl (C=O) groups excluding carboxylic acids is 2. The molecule has 8 heteroatoms. The molecule has 2 aromatic carbocycles. The molecule has 0 aliphatic carbocycles. The van der Waals surface area contributed by atoms with Crippen molar-refractivity contribution in [1.29, 1.82) is 0 Å². The second-order valence-electron chi connectivity index (χ2n) is 6.08. The van der Waals surface area contributed by atoms with E-state index in [1.54, 1.807) is 44.2 Å². The van der Waals surface area contributed by atoms with E-state index in [1.807, 2.05) is 0 Å². The Bertz CT molecular complexity index is 833. The number of hydrogen-bond donors (Lipinski definition) is 1. The minimum absolute atomic E-state index is 0.155. The summed E-state index contributed by atoms with van der Waals surface area (Å²) >= 11 is 9.24. The van der Waals surface area contributed by atoms with Crippen molar-refractivity contribution in [2.45, 2.75) is 26.4 Å². The standard InChI is InChI=1S/C20H21BrClFN2O3/c1-3-24-20(27)13(2)25(11-14-4-7-16(23)8-5-14)19(26)12-28-18-9-6-15(22)10-17(18)21/h4-10,13H,3,11-12H2,1-2H3,(H,24,27)/t13-/m0/s1. The minimum atomic E-state index is -0.713. The fourth-order valence-electron chi connectivity index (χ4n) is 2.51. The predicted octanol–water partition coefficient (Wildman–Crippen LogP) is 4.17. The van der Waals surface area contributed by atoms with Crippen molar-refractivity contribution in [1.82, 2.24) is 10.2 Å². The molecule has 0 aliphatic rings. The summed E-state index contributed by atoms with van der Waals surface area (Å²) in [5, 5.41) is 3.24. The number of hydrogen-bond acceptors (Lipinski definition) is 3. The lowest BCUT2D eigenvalue weighted by molar-refractivity contribution is -0.142. The first-order chi connectivity index (χ1) is 13.3. The van der Waals surface area contributed by atoms with Crippen LogP contribution in [0.4, 0.5) is 4.39 Å². The van der Waals surface area contributed by atoms with Gasteiger partial charge in [-0.2, -0.15) is 0 Å². The average molecular weight is 472 g/mol. The Kier molecular flexibility index (Phi) is 8.26. The van der Waals surface area contributed by atoms with Gasteiger partial charge in [0.1, 0.15) is 17.6 Å². The van der Waals surface area contributed by atoms with Gasteiger partial charge in [-0.15, -0.1) is 0 Å². The third-order valence-corrected chi connectivity index (χ3v) is 4.88. The van der Waals surface area contributed by atoms with Crippen LogP contribution in [0.1, 0.15) is 19.4 Å². The molecule has 0 bridgehead atoms. The molecule has 0 saturated heterocycles. The van der Waals surface area contributed by atoms with Gasteiger partial charge >= 0.3 is 0 Å². The first-order valence-electron chi connectivity index (χ1n) is 8.71. The van der Waals surface area contributed by atoms with Crippen LogP contribution >= 0.6 is 27.5 Å². The number of rotatable bonds is 8. The van der Waals surface area contributed by atoms with Crippen molar-refractivity contribution in [2.24, 2.45) is 0 Å². The number of likely N-dealkylation sites (N-methyl/N-ethyl adjacent to an activating group) is 1. The molecule has 1 atom stereocenters.